The molecular formula is C19H22ClNO2. The molecule has 0 aliphatic rings. The Bertz CT molecular complexity index is 640. The van der Waals surface area contributed by atoms with Crippen molar-refractivity contribution in [2.24, 2.45) is 0 Å². The minimum Gasteiger partial charge on any atom is -0.481 e. The first kappa shape index (κ1) is 17.4. The highest BCUT2D eigenvalue weighted by molar-refractivity contribution is 6.30. The predicted molar refractivity (Wildman–Crippen MR) is 94.1 cm³/mol. The van der Waals surface area contributed by atoms with Crippen LogP contribution >= 0.6 is 11.6 Å². The van der Waals surface area contributed by atoms with Gasteiger partial charge in [0.25, 0.3) is 5.91 Å². The molecule has 1 N–H and O–H groups in total. The highest BCUT2D eigenvalue weighted by Gasteiger charge is 2.13. The van der Waals surface area contributed by atoms with E-state index in [9.17, 15) is 4.79 Å². The van der Waals surface area contributed by atoms with Crippen molar-refractivity contribution < 1.29 is 9.53 Å². The van der Waals surface area contributed by atoms with Crippen LogP contribution in [0.1, 0.15) is 24.5 Å². The highest BCUT2D eigenvalue weighted by atomic mass is 35.5. The third-order valence-electron chi connectivity index (χ3n) is 3.53. The maximum Gasteiger partial charge on any atom is 0.260 e. The standard InChI is InChI=1S/C19H22ClNO2/c1-14-5-3-7-18(13-14)23-15(2)19(22)21-12-4-6-16-8-10-17(20)11-9-16/h3,5,7-11,13,15H,4,6,12H2,1-2H3,(H,21,22)/t15-/m0/s1. The number of carbonyl (C=O) groups excluding carboxylic acids is 1. The average Bonchev–Trinajstić information content (AvgIpc) is 2.53. The second-order valence-corrected chi connectivity index (χ2v) is 6.03. The van der Waals surface area contributed by atoms with E-state index in [2.05, 4.69) is 5.32 Å². The molecule has 0 heterocycles. The number of halogens is 1. The van der Waals surface area contributed by atoms with Crippen molar-refractivity contribution >= 4 is 17.5 Å². The van der Waals surface area contributed by atoms with Crippen LogP contribution in [0.4, 0.5) is 0 Å². The molecule has 3 nitrogen and oxygen atoms in total. The van der Waals surface area contributed by atoms with Crippen molar-refractivity contribution in [1.29, 1.82) is 0 Å². The molecular weight excluding hydrogens is 310 g/mol. The molecule has 23 heavy (non-hydrogen) atoms. The number of amides is 1. The zero-order chi connectivity index (χ0) is 16.7. The monoisotopic (exact) mass is 331 g/mol. The van der Waals surface area contributed by atoms with Crippen molar-refractivity contribution in [1.82, 2.24) is 5.32 Å². The minimum absolute atomic E-state index is 0.0948. The number of rotatable bonds is 7. The van der Waals surface area contributed by atoms with Crippen molar-refractivity contribution in [3.05, 3.63) is 64.7 Å². The van der Waals surface area contributed by atoms with Gasteiger partial charge in [0.1, 0.15) is 5.75 Å². The number of ether oxygens (including phenoxy) is 1. The molecule has 0 bridgehead atoms. The summed E-state index contributed by atoms with van der Waals surface area (Å²) in [5.41, 5.74) is 2.32. The largest absolute Gasteiger partial charge is 0.481 e. The summed E-state index contributed by atoms with van der Waals surface area (Å²) in [5.74, 6) is 0.622. The van der Waals surface area contributed by atoms with Crippen LogP contribution in [0.3, 0.4) is 0 Å². The van der Waals surface area contributed by atoms with Gasteiger partial charge in [0.2, 0.25) is 0 Å². The summed E-state index contributed by atoms with van der Waals surface area (Å²) in [6.45, 7) is 4.38. The van der Waals surface area contributed by atoms with E-state index >= 15 is 0 Å². The SMILES string of the molecule is Cc1cccc(O[C@@H](C)C(=O)NCCCc2ccc(Cl)cc2)c1. The van der Waals surface area contributed by atoms with E-state index in [1.54, 1.807) is 6.92 Å². The summed E-state index contributed by atoms with van der Waals surface area (Å²) in [6, 6.07) is 15.5. The molecule has 0 unspecified atom stereocenters. The number of aryl methyl sites for hydroxylation is 2. The lowest BCUT2D eigenvalue weighted by atomic mass is 10.1. The number of hydrogen-bond acceptors (Lipinski definition) is 2. The van der Waals surface area contributed by atoms with Gasteiger partial charge in [-0.2, -0.15) is 0 Å². The van der Waals surface area contributed by atoms with Crippen LogP contribution in [0.15, 0.2) is 48.5 Å². The Balaban J connectivity index is 1.70. The fourth-order valence-corrected chi connectivity index (χ4v) is 2.37. The zero-order valence-corrected chi connectivity index (χ0v) is 14.3. The van der Waals surface area contributed by atoms with E-state index in [0.717, 1.165) is 23.4 Å². The number of carbonyl (C=O) groups is 1. The van der Waals surface area contributed by atoms with E-state index in [-0.39, 0.29) is 5.91 Å². The van der Waals surface area contributed by atoms with E-state index in [1.165, 1.54) is 5.56 Å². The molecule has 1 amide bonds. The van der Waals surface area contributed by atoms with Gasteiger partial charge in [-0.1, -0.05) is 35.9 Å². The van der Waals surface area contributed by atoms with E-state index in [4.69, 9.17) is 16.3 Å². The van der Waals surface area contributed by atoms with Gasteiger partial charge in [-0.3, -0.25) is 4.79 Å². The third kappa shape index (κ3) is 5.95. The zero-order valence-electron chi connectivity index (χ0n) is 13.5. The van der Waals surface area contributed by atoms with Crippen LogP contribution in [0.2, 0.25) is 5.02 Å². The van der Waals surface area contributed by atoms with Gasteiger partial charge in [-0.25, -0.2) is 0 Å². The summed E-state index contributed by atoms with van der Waals surface area (Å²) in [6.07, 6.45) is 1.28. The Morgan fingerprint density at radius 1 is 1.22 bits per heavy atom. The van der Waals surface area contributed by atoms with Crippen LogP contribution in [0.25, 0.3) is 0 Å². The third-order valence-corrected chi connectivity index (χ3v) is 3.78. The van der Waals surface area contributed by atoms with Gasteiger partial charge in [0.15, 0.2) is 6.10 Å². The molecule has 4 heteroatoms. The minimum atomic E-state index is -0.507. The van der Waals surface area contributed by atoms with Crippen molar-refractivity contribution in [3.63, 3.8) is 0 Å². The topological polar surface area (TPSA) is 38.3 Å². The fourth-order valence-electron chi connectivity index (χ4n) is 2.25. The Morgan fingerprint density at radius 3 is 2.65 bits per heavy atom. The first-order chi connectivity index (χ1) is 11.0. The van der Waals surface area contributed by atoms with Gasteiger partial charge in [-0.05, 0) is 62.1 Å². The van der Waals surface area contributed by atoms with Crippen LogP contribution in [-0.2, 0) is 11.2 Å². The molecule has 0 aromatic heterocycles. The van der Waals surface area contributed by atoms with Gasteiger partial charge >= 0.3 is 0 Å². The fraction of sp³-hybridized carbons (Fsp3) is 0.316. The molecule has 2 aromatic carbocycles. The molecule has 0 fully saturated rings. The molecule has 1 atom stereocenters. The number of benzene rings is 2. The molecule has 0 aliphatic heterocycles. The molecule has 0 spiro atoms. The number of hydrogen-bond donors (Lipinski definition) is 1. The molecule has 2 aromatic rings. The Hall–Kier alpha value is -2.00. The van der Waals surface area contributed by atoms with Gasteiger partial charge < -0.3 is 10.1 Å². The van der Waals surface area contributed by atoms with Crippen LogP contribution in [0.5, 0.6) is 5.75 Å². The smallest absolute Gasteiger partial charge is 0.260 e. The Kier molecular flexibility index (Phi) is 6.48. The quantitative estimate of drug-likeness (QED) is 0.773. The molecule has 122 valence electrons. The molecule has 0 aliphatic carbocycles. The number of nitrogens with one attached hydrogen (secondary N) is 1. The normalized spacial score (nSPS) is 11.8. The predicted octanol–water partition coefficient (Wildman–Crippen LogP) is 4.16. The van der Waals surface area contributed by atoms with Gasteiger partial charge in [-0.15, -0.1) is 0 Å². The highest BCUT2D eigenvalue weighted by Crippen LogP contribution is 2.14. The summed E-state index contributed by atoms with van der Waals surface area (Å²) in [7, 11) is 0. The lowest BCUT2D eigenvalue weighted by Gasteiger charge is -2.15. The van der Waals surface area contributed by atoms with Gasteiger partial charge in [0, 0.05) is 11.6 Å². The lowest BCUT2D eigenvalue weighted by Crippen LogP contribution is -2.36. The van der Waals surface area contributed by atoms with Crippen LogP contribution in [-0.4, -0.2) is 18.6 Å². The first-order valence-electron chi connectivity index (χ1n) is 7.80. The maximum absolute atomic E-state index is 12.0. The van der Waals surface area contributed by atoms with E-state index < -0.39 is 6.10 Å². The second-order valence-electron chi connectivity index (χ2n) is 5.60. The van der Waals surface area contributed by atoms with E-state index in [1.807, 2.05) is 55.5 Å². The maximum atomic E-state index is 12.0. The Morgan fingerprint density at radius 2 is 1.96 bits per heavy atom. The van der Waals surface area contributed by atoms with Crippen LogP contribution < -0.4 is 10.1 Å². The van der Waals surface area contributed by atoms with Crippen molar-refractivity contribution in [2.75, 3.05) is 6.54 Å². The summed E-state index contributed by atoms with van der Waals surface area (Å²) < 4.78 is 5.66. The summed E-state index contributed by atoms with van der Waals surface area (Å²) in [5, 5.41) is 3.65. The average molecular weight is 332 g/mol. The molecule has 0 saturated carbocycles. The molecule has 2 rings (SSSR count). The van der Waals surface area contributed by atoms with Crippen molar-refractivity contribution in [3.8, 4) is 5.75 Å². The summed E-state index contributed by atoms with van der Waals surface area (Å²) >= 11 is 5.85. The van der Waals surface area contributed by atoms with Crippen LogP contribution in [0, 0.1) is 6.92 Å². The second kappa shape index (κ2) is 8.59. The van der Waals surface area contributed by atoms with Crippen molar-refractivity contribution in [2.45, 2.75) is 32.8 Å². The molecule has 0 saturated heterocycles. The molecule has 0 radical (unpaired) electrons. The lowest BCUT2D eigenvalue weighted by molar-refractivity contribution is -0.127. The Labute approximate surface area is 142 Å². The van der Waals surface area contributed by atoms with Gasteiger partial charge in [0.05, 0.1) is 0 Å². The summed E-state index contributed by atoms with van der Waals surface area (Å²) in [4.78, 5) is 12.0. The first-order valence-corrected chi connectivity index (χ1v) is 8.18. The van der Waals surface area contributed by atoms with E-state index in [0.29, 0.717) is 12.3 Å².